The van der Waals surface area contributed by atoms with Crippen LogP contribution in [0.25, 0.3) is 10.9 Å². The molecule has 0 unspecified atom stereocenters. The van der Waals surface area contributed by atoms with Gasteiger partial charge in [0.05, 0.1) is 16.9 Å². The Labute approximate surface area is 275 Å². The maximum Gasteiger partial charge on any atom is 0.419 e. The predicted octanol–water partition coefficient (Wildman–Crippen LogP) is 8.04. The summed E-state index contributed by atoms with van der Waals surface area (Å²) in [5.41, 5.74) is -0.409. The Morgan fingerprint density at radius 1 is 0.872 bits per heavy atom. The van der Waals surface area contributed by atoms with Crippen LogP contribution in [0, 0.1) is 17.5 Å². The molecule has 47 heavy (non-hydrogen) atoms. The second-order valence-corrected chi connectivity index (χ2v) is 14.8. The molecule has 5 rings (SSSR count). The van der Waals surface area contributed by atoms with Gasteiger partial charge < -0.3 is 19.3 Å². The highest BCUT2D eigenvalue weighted by atomic mass is 19.1. The monoisotopic (exact) mass is 656 g/mol. The summed E-state index contributed by atoms with van der Waals surface area (Å²) in [6.45, 7) is 15.3. The van der Waals surface area contributed by atoms with E-state index >= 15 is 8.78 Å². The van der Waals surface area contributed by atoms with Gasteiger partial charge in [-0.1, -0.05) is 25.8 Å². The fourth-order valence-electron chi connectivity index (χ4n) is 6.66. The zero-order chi connectivity index (χ0) is 34.4. The second-order valence-electron chi connectivity index (χ2n) is 14.8. The van der Waals surface area contributed by atoms with E-state index in [-0.39, 0.29) is 23.0 Å². The molecule has 0 bridgehead atoms. The molecule has 3 aromatic rings. The first kappa shape index (κ1) is 34.6. The predicted molar refractivity (Wildman–Crippen MR) is 177 cm³/mol. The Balaban J connectivity index is 1.79. The van der Waals surface area contributed by atoms with Crippen molar-refractivity contribution in [2.45, 2.75) is 97.4 Å². The average Bonchev–Trinajstić information content (AvgIpc) is 3.28. The maximum absolute atomic E-state index is 16.2. The molecule has 0 spiro atoms. The van der Waals surface area contributed by atoms with Crippen LogP contribution in [0.5, 0.6) is 0 Å². The SMILES string of the molecule is CCCC[C@H]1Cc2c(n(C(=O)OC(C)(C)C)c3c(F)cc(F)cc23)[C@H](c2ccc(N3CCN(C)CC3)c(F)c2)N1C(=O)OC(C)(C)C. The van der Waals surface area contributed by atoms with Crippen molar-refractivity contribution >= 4 is 28.8 Å². The van der Waals surface area contributed by atoms with E-state index in [1.807, 2.05) is 18.9 Å². The Bertz CT molecular complexity index is 1650. The smallest absolute Gasteiger partial charge is 0.419 e. The number of benzene rings is 2. The van der Waals surface area contributed by atoms with Crippen LogP contribution in [0.15, 0.2) is 30.3 Å². The van der Waals surface area contributed by atoms with Gasteiger partial charge in [-0.3, -0.25) is 4.90 Å². The van der Waals surface area contributed by atoms with Crippen LogP contribution in [0.1, 0.15) is 90.6 Å². The van der Waals surface area contributed by atoms with E-state index in [9.17, 15) is 14.0 Å². The highest BCUT2D eigenvalue weighted by molar-refractivity contribution is 5.95. The maximum atomic E-state index is 16.2. The lowest BCUT2D eigenvalue weighted by Crippen LogP contribution is -2.50. The van der Waals surface area contributed by atoms with Crippen LogP contribution in [-0.2, 0) is 15.9 Å². The van der Waals surface area contributed by atoms with Crippen molar-refractivity contribution in [2.24, 2.45) is 0 Å². The van der Waals surface area contributed by atoms with E-state index < -0.39 is 52.9 Å². The summed E-state index contributed by atoms with van der Waals surface area (Å²) >= 11 is 0. The van der Waals surface area contributed by atoms with Gasteiger partial charge in [-0.15, -0.1) is 0 Å². The van der Waals surface area contributed by atoms with Gasteiger partial charge >= 0.3 is 12.2 Å². The first-order valence-electron chi connectivity index (χ1n) is 16.5. The molecule has 0 radical (unpaired) electrons. The highest BCUT2D eigenvalue weighted by Gasteiger charge is 2.45. The number of carbonyl (C=O) groups is 2. The molecule has 0 N–H and O–H groups in total. The fourth-order valence-corrected chi connectivity index (χ4v) is 6.66. The number of carbonyl (C=O) groups excluding carboxylic acids is 2. The summed E-state index contributed by atoms with van der Waals surface area (Å²) in [7, 11) is 2.02. The number of anilines is 1. The zero-order valence-electron chi connectivity index (χ0n) is 28.8. The number of piperazine rings is 1. The molecular weight excluding hydrogens is 609 g/mol. The van der Waals surface area contributed by atoms with Gasteiger partial charge in [0.15, 0.2) is 5.82 Å². The van der Waals surface area contributed by atoms with Crippen LogP contribution in [0.3, 0.4) is 0 Å². The van der Waals surface area contributed by atoms with E-state index in [4.69, 9.17) is 9.47 Å². The molecule has 2 atom stereocenters. The van der Waals surface area contributed by atoms with Crippen molar-refractivity contribution in [1.29, 1.82) is 0 Å². The molecule has 1 amide bonds. The van der Waals surface area contributed by atoms with Gasteiger partial charge in [0.2, 0.25) is 0 Å². The molecule has 0 saturated carbocycles. The average molecular weight is 657 g/mol. The van der Waals surface area contributed by atoms with Crippen molar-refractivity contribution in [3.63, 3.8) is 0 Å². The number of likely N-dealkylation sites (N-methyl/N-ethyl adjacent to an activating group) is 1. The number of unbranched alkanes of at least 4 members (excludes halogenated alkanes) is 1. The number of nitrogens with zero attached hydrogens (tertiary/aromatic N) is 4. The minimum absolute atomic E-state index is 0.148. The van der Waals surface area contributed by atoms with E-state index in [1.54, 1.807) is 58.6 Å². The molecule has 256 valence electrons. The normalized spacial score (nSPS) is 19.2. The van der Waals surface area contributed by atoms with Crippen LogP contribution in [-0.4, -0.2) is 77.0 Å². The number of hydrogen-bond donors (Lipinski definition) is 0. The molecule has 1 aromatic heterocycles. The van der Waals surface area contributed by atoms with E-state index in [0.29, 0.717) is 36.3 Å². The molecule has 11 heteroatoms. The molecule has 8 nitrogen and oxygen atoms in total. The largest absolute Gasteiger partial charge is 0.444 e. The van der Waals surface area contributed by atoms with E-state index in [1.165, 1.54) is 12.1 Å². The third-order valence-electron chi connectivity index (χ3n) is 8.70. The molecule has 3 heterocycles. The van der Waals surface area contributed by atoms with Crippen molar-refractivity contribution < 1.29 is 32.2 Å². The van der Waals surface area contributed by atoms with Crippen LogP contribution in [0.2, 0.25) is 0 Å². The third-order valence-corrected chi connectivity index (χ3v) is 8.70. The Morgan fingerprint density at radius 2 is 1.51 bits per heavy atom. The molecular formula is C36H47F3N4O4. The van der Waals surface area contributed by atoms with Gasteiger partial charge in [0, 0.05) is 43.7 Å². The first-order valence-corrected chi connectivity index (χ1v) is 16.5. The van der Waals surface area contributed by atoms with E-state index in [0.717, 1.165) is 36.6 Å². The van der Waals surface area contributed by atoms with Crippen LogP contribution in [0.4, 0.5) is 28.4 Å². The van der Waals surface area contributed by atoms with Gasteiger partial charge in [-0.25, -0.2) is 27.3 Å². The van der Waals surface area contributed by atoms with Crippen molar-refractivity contribution in [1.82, 2.24) is 14.4 Å². The highest BCUT2D eigenvalue weighted by Crippen LogP contribution is 2.46. The number of hydrogen-bond acceptors (Lipinski definition) is 6. The van der Waals surface area contributed by atoms with Gasteiger partial charge in [-0.05, 0) is 90.8 Å². The lowest BCUT2D eigenvalue weighted by atomic mass is 9.86. The number of aromatic nitrogens is 1. The number of amides is 1. The molecule has 0 aliphatic carbocycles. The third kappa shape index (κ3) is 7.24. The summed E-state index contributed by atoms with van der Waals surface area (Å²) in [6.07, 6.45) is 0.839. The summed E-state index contributed by atoms with van der Waals surface area (Å²) in [6, 6.07) is 5.23. The Morgan fingerprint density at radius 3 is 2.11 bits per heavy atom. The zero-order valence-corrected chi connectivity index (χ0v) is 28.8. The molecule has 1 fully saturated rings. The van der Waals surface area contributed by atoms with Crippen LogP contribution < -0.4 is 4.90 Å². The topological polar surface area (TPSA) is 67.2 Å². The van der Waals surface area contributed by atoms with Crippen molar-refractivity contribution in [3.8, 4) is 0 Å². The van der Waals surface area contributed by atoms with Crippen LogP contribution >= 0.6 is 0 Å². The summed E-state index contributed by atoms with van der Waals surface area (Å²) < 4.78 is 59.6. The van der Waals surface area contributed by atoms with E-state index in [2.05, 4.69) is 4.90 Å². The standard InChI is InChI=1S/C36H47F3N4O4/c1-9-10-11-24-21-26-25-19-23(37)20-28(39)31(25)43(34(45)47-36(5,6)7)32(26)30(42(24)33(44)46-35(2,3)4)22-12-13-29(27(38)18-22)41-16-14-40(8)15-17-41/h12-13,18-20,24,30H,9-11,14-17,21H2,1-8H3/t24-,30-/m0/s1. The minimum atomic E-state index is -1.08. The minimum Gasteiger partial charge on any atom is -0.444 e. The van der Waals surface area contributed by atoms with Gasteiger partial charge in [-0.2, -0.15) is 0 Å². The molecule has 2 aliphatic rings. The number of rotatable bonds is 5. The second kappa shape index (κ2) is 13.1. The van der Waals surface area contributed by atoms with Crippen molar-refractivity contribution in [3.05, 3.63) is 64.6 Å². The summed E-state index contributed by atoms with van der Waals surface area (Å²) in [5.74, 6) is -2.21. The molecule has 1 saturated heterocycles. The fraction of sp³-hybridized carbons (Fsp3) is 0.556. The number of ether oxygens (including phenoxy) is 2. The number of fused-ring (bicyclic) bond motifs is 3. The molecule has 2 aliphatic heterocycles. The van der Waals surface area contributed by atoms with Gasteiger partial charge in [0.25, 0.3) is 0 Å². The lowest BCUT2D eigenvalue weighted by Gasteiger charge is -2.43. The lowest BCUT2D eigenvalue weighted by molar-refractivity contribution is 0.00322. The number of halogens is 3. The quantitative estimate of drug-likeness (QED) is 0.277. The Kier molecular flexibility index (Phi) is 9.61. The first-order chi connectivity index (χ1) is 22.0. The van der Waals surface area contributed by atoms with Crippen molar-refractivity contribution in [2.75, 3.05) is 38.1 Å². The van der Waals surface area contributed by atoms with Gasteiger partial charge in [0.1, 0.15) is 28.9 Å². The summed E-state index contributed by atoms with van der Waals surface area (Å²) in [5, 5.41) is 0.216. The molecule has 2 aromatic carbocycles. The summed E-state index contributed by atoms with van der Waals surface area (Å²) in [4.78, 5) is 33.9. The Hall–Kier alpha value is -3.73.